The molecule has 1 unspecified atom stereocenters. The first-order chi connectivity index (χ1) is 6.50. The molecule has 0 spiro atoms. The van der Waals surface area contributed by atoms with Crippen LogP contribution in [0.25, 0.3) is 0 Å². The lowest BCUT2D eigenvalue weighted by Crippen LogP contribution is -2.55. The summed E-state index contributed by atoms with van der Waals surface area (Å²) in [6.45, 7) is 9.47. The van der Waals surface area contributed by atoms with E-state index in [1.807, 2.05) is 19.9 Å². The first-order valence-corrected chi connectivity index (χ1v) is 5.09. The minimum atomic E-state index is -0.677. The van der Waals surface area contributed by atoms with E-state index in [0.717, 1.165) is 25.9 Å². The van der Waals surface area contributed by atoms with Gasteiger partial charge in [0.05, 0.1) is 5.92 Å². The summed E-state index contributed by atoms with van der Waals surface area (Å²) < 4.78 is 0. The minimum Gasteiger partial charge on any atom is -0.481 e. The molecule has 1 fully saturated rings. The SMILES string of the molecule is C=CCN1CCCC(C(=O)O)C1(C)C. The molecule has 1 atom stereocenters. The van der Waals surface area contributed by atoms with Crippen LogP contribution in [-0.2, 0) is 4.79 Å². The molecule has 3 heteroatoms. The van der Waals surface area contributed by atoms with Gasteiger partial charge in [0.25, 0.3) is 0 Å². The van der Waals surface area contributed by atoms with Crippen molar-refractivity contribution in [2.45, 2.75) is 32.2 Å². The van der Waals surface area contributed by atoms with Crippen molar-refractivity contribution in [2.75, 3.05) is 13.1 Å². The first kappa shape index (κ1) is 11.2. The van der Waals surface area contributed by atoms with E-state index in [4.69, 9.17) is 5.11 Å². The fourth-order valence-electron chi connectivity index (χ4n) is 2.26. The highest BCUT2D eigenvalue weighted by molar-refractivity contribution is 5.71. The Bertz CT molecular complexity index is 235. The van der Waals surface area contributed by atoms with Crippen molar-refractivity contribution >= 4 is 5.97 Å². The van der Waals surface area contributed by atoms with Gasteiger partial charge in [0.15, 0.2) is 0 Å². The Hall–Kier alpha value is -0.830. The van der Waals surface area contributed by atoms with Gasteiger partial charge in [-0.15, -0.1) is 6.58 Å². The molecular formula is C11H19NO2. The van der Waals surface area contributed by atoms with E-state index < -0.39 is 5.97 Å². The molecular weight excluding hydrogens is 178 g/mol. The molecule has 0 amide bonds. The summed E-state index contributed by atoms with van der Waals surface area (Å²) in [5.74, 6) is -0.931. The number of piperidine rings is 1. The van der Waals surface area contributed by atoms with Crippen molar-refractivity contribution in [1.82, 2.24) is 4.90 Å². The van der Waals surface area contributed by atoms with E-state index in [0.29, 0.717) is 0 Å². The van der Waals surface area contributed by atoms with Crippen molar-refractivity contribution in [1.29, 1.82) is 0 Å². The van der Waals surface area contributed by atoms with Crippen LogP contribution in [-0.4, -0.2) is 34.6 Å². The average molecular weight is 197 g/mol. The third-order valence-corrected chi connectivity index (χ3v) is 3.24. The van der Waals surface area contributed by atoms with Crippen LogP contribution in [0.4, 0.5) is 0 Å². The molecule has 14 heavy (non-hydrogen) atoms. The molecule has 0 aromatic carbocycles. The highest BCUT2D eigenvalue weighted by atomic mass is 16.4. The number of aliphatic carboxylic acids is 1. The maximum Gasteiger partial charge on any atom is 0.308 e. The number of rotatable bonds is 3. The van der Waals surface area contributed by atoms with Crippen LogP contribution < -0.4 is 0 Å². The van der Waals surface area contributed by atoms with Gasteiger partial charge in [0, 0.05) is 12.1 Å². The van der Waals surface area contributed by atoms with Gasteiger partial charge in [0.1, 0.15) is 0 Å². The number of carboxylic acid groups (broad SMARTS) is 1. The van der Waals surface area contributed by atoms with E-state index in [1.165, 1.54) is 0 Å². The Morgan fingerprint density at radius 2 is 2.36 bits per heavy atom. The molecule has 1 aliphatic rings. The standard InChI is InChI=1S/C11H19NO2/c1-4-7-12-8-5-6-9(10(13)14)11(12,2)3/h4,9H,1,5-8H2,2-3H3,(H,13,14). The lowest BCUT2D eigenvalue weighted by molar-refractivity contribution is -0.149. The quantitative estimate of drug-likeness (QED) is 0.701. The fraction of sp³-hybridized carbons (Fsp3) is 0.727. The van der Waals surface area contributed by atoms with Gasteiger partial charge in [-0.1, -0.05) is 6.08 Å². The Morgan fingerprint density at radius 3 is 2.86 bits per heavy atom. The van der Waals surface area contributed by atoms with Crippen LogP contribution >= 0.6 is 0 Å². The molecule has 1 heterocycles. The van der Waals surface area contributed by atoms with Gasteiger partial charge in [-0.3, -0.25) is 9.69 Å². The van der Waals surface area contributed by atoms with E-state index in [-0.39, 0.29) is 11.5 Å². The number of nitrogens with zero attached hydrogens (tertiary/aromatic N) is 1. The molecule has 0 bridgehead atoms. The lowest BCUT2D eigenvalue weighted by Gasteiger charge is -2.45. The van der Waals surface area contributed by atoms with Crippen LogP contribution in [0.1, 0.15) is 26.7 Å². The van der Waals surface area contributed by atoms with Crippen LogP contribution in [0.3, 0.4) is 0 Å². The molecule has 3 nitrogen and oxygen atoms in total. The highest BCUT2D eigenvalue weighted by Crippen LogP contribution is 2.33. The average Bonchev–Trinajstić information content (AvgIpc) is 2.07. The van der Waals surface area contributed by atoms with Crippen molar-refractivity contribution in [3.8, 4) is 0 Å². The maximum atomic E-state index is 11.1. The zero-order valence-electron chi connectivity index (χ0n) is 8.99. The van der Waals surface area contributed by atoms with E-state index in [1.54, 1.807) is 0 Å². The van der Waals surface area contributed by atoms with E-state index in [2.05, 4.69) is 11.5 Å². The fourth-order valence-corrected chi connectivity index (χ4v) is 2.26. The highest BCUT2D eigenvalue weighted by Gasteiger charge is 2.41. The number of carboxylic acids is 1. The summed E-state index contributed by atoms with van der Waals surface area (Å²) in [6.07, 6.45) is 3.59. The van der Waals surface area contributed by atoms with Gasteiger partial charge in [-0.2, -0.15) is 0 Å². The van der Waals surface area contributed by atoms with Crippen LogP contribution in [0.5, 0.6) is 0 Å². The smallest absolute Gasteiger partial charge is 0.308 e. The van der Waals surface area contributed by atoms with Crippen molar-refractivity contribution in [3.63, 3.8) is 0 Å². The van der Waals surface area contributed by atoms with Gasteiger partial charge < -0.3 is 5.11 Å². The molecule has 80 valence electrons. The number of hydrogen-bond acceptors (Lipinski definition) is 2. The number of likely N-dealkylation sites (tertiary alicyclic amines) is 1. The summed E-state index contributed by atoms with van der Waals surface area (Å²) in [7, 11) is 0. The number of carbonyl (C=O) groups is 1. The topological polar surface area (TPSA) is 40.5 Å². The third kappa shape index (κ3) is 1.98. The predicted octanol–water partition coefficient (Wildman–Crippen LogP) is 1.75. The van der Waals surface area contributed by atoms with Crippen LogP contribution in [0.2, 0.25) is 0 Å². The summed E-state index contributed by atoms with van der Waals surface area (Å²) in [5, 5.41) is 9.11. The summed E-state index contributed by atoms with van der Waals surface area (Å²) in [6, 6.07) is 0. The zero-order valence-corrected chi connectivity index (χ0v) is 8.99. The third-order valence-electron chi connectivity index (χ3n) is 3.24. The summed E-state index contributed by atoms with van der Waals surface area (Å²) in [4.78, 5) is 13.3. The van der Waals surface area contributed by atoms with Gasteiger partial charge >= 0.3 is 5.97 Å². The Balaban J connectivity index is 2.80. The zero-order chi connectivity index (χ0) is 10.8. The van der Waals surface area contributed by atoms with Crippen LogP contribution in [0, 0.1) is 5.92 Å². The molecule has 1 N–H and O–H groups in total. The van der Waals surface area contributed by atoms with E-state index in [9.17, 15) is 4.79 Å². The largest absolute Gasteiger partial charge is 0.481 e. The molecule has 0 aliphatic carbocycles. The van der Waals surface area contributed by atoms with Crippen molar-refractivity contribution < 1.29 is 9.90 Å². The molecule has 0 aromatic rings. The van der Waals surface area contributed by atoms with Gasteiger partial charge in [0.2, 0.25) is 0 Å². The Labute approximate surface area is 85.4 Å². The summed E-state index contributed by atoms with van der Waals surface area (Å²) in [5.41, 5.74) is -0.252. The maximum absolute atomic E-state index is 11.1. The van der Waals surface area contributed by atoms with Crippen molar-refractivity contribution in [2.24, 2.45) is 5.92 Å². The minimum absolute atomic E-state index is 0.252. The predicted molar refractivity (Wildman–Crippen MR) is 56.2 cm³/mol. The van der Waals surface area contributed by atoms with Crippen LogP contribution in [0.15, 0.2) is 12.7 Å². The Morgan fingerprint density at radius 1 is 1.71 bits per heavy atom. The second kappa shape index (κ2) is 4.13. The molecule has 1 saturated heterocycles. The first-order valence-electron chi connectivity index (χ1n) is 5.09. The summed E-state index contributed by atoms with van der Waals surface area (Å²) >= 11 is 0. The molecule has 1 aliphatic heterocycles. The van der Waals surface area contributed by atoms with E-state index >= 15 is 0 Å². The second-order valence-corrected chi connectivity index (χ2v) is 4.42. The molecule has 0 aromatic heterocycles. The normalized spacial score (nSPS) is 27.1. The molecule has 0 saturated carbocycles. The van der Waals surface area contributed by atoms with Gasteiger partial charge in [-0.05, 0) is 33.2 Å². The van der Waals surface area contributed by atoms with Crippen molar-refractivity contribution in [3.05, 3.63) is 12.7 Å². The monoisotopic (exact) mass is 197 g/mol. The Kier molecular flexibility index (Phi) is 3.32. The molecule has 1 rings (SSSR count). The molecule has 0 radical (unpaired) electrons. The second-order valence-electron chi connectivity index (χ2n) is 4.42. The lowest BCUT2D eigenvalue weighted by atomic mass is 9.79. The van der Waals surface area contributed by atoms with Gasteiger partial charge in [-0.25, -0.2) is 0 Å². The number of hydrogen-bond donors (Lipinski definition) is 1.